The highest BCUT2D eigenvalue weighted by Gasteiger charge is 2.42. The topological polar surface area (TPSA) is 35.8 Å². The molecular formula is C15H26N2O. The summed E-state index contributed by atoms with van der Waals surface area (Å²) in [5.41, 5.74) is 2.15. The van der Waals surface area contributed by atoms with Gasteiger partial charge in [-0.15, -0.1) is 0 Å². The maximum atomic E-state index is 9.39. The van der Waals surface area contributed by atoms with Crippen LogP contribution in [0, 0.1) is 5.92 Å². The van der Waals surface area contributed by atoms with E-state index in [0.717, 1.165) is 31.6 Å². The Kier molecular flexibility index (Phi) is 4.10. The first-order valence-corrected chi connectivity index (χ1v) is 7.20. The van der Waals surface area contributed by atoms with Gasteiger partial charge in [-0.25, -0.2) is 0 Å². The van der Waals surface area contributed by atoms with Crippen molar-refractivity contribution in [3.05, 3.63) is 12.2 Å². The van der Waals surface area contributed by atoms with Crippen LogP contribution in [0.2, 0.25) is 0 Å². The van der Waals surface area contributed by atoms with Crippen LogP contribution in [-0.4, -0.2) is 34.4 Å². The van der Waals surface area contributed by atoms with E-state index in [1.54, 1.807) is 0 Å². The Balaban J connectivity index is 2.14. The summed E-state index contributed by atoms with van der Waals surface area (Å²) in [7, 11) is 0. The third-order valence-corrected chi connectivity index (χ3v) is 4.91. The summed E-state index contributed by atoms with van der Waals surface area (Å²) in [5.74, 6) is 0.494. The Bertz CT molecular complexity index is 344. The highest BCUT2D eigenvalue weighted by atomic mass is 16.4. The monoisotopic (exact) mass is 250 g/mol. The van der Waals surface area contributed by atoms with Crippen LogP contribution >= 0.6 is 0 Å². The molecule has 1 saturated carbocycles. The van der Waals surface area contributed by atoms with E-state index in [1.165, 1.54) is 31.3 Å². The molecule has 0 radical (unpaired) electrons. The van der Waals surface area contributed by atoms with Gasteiger partial charge in [0, 0.05) is 0 Å². The van der Waals surface area contributed by atoms with Crippen molar-refractivity contribution in [3.63, 3.8) is 0 Å². The van der Waals surface area contributed by atoms with Crippen molar-refractivity contribution < 1.29 is 5.21 Å². The SMILES string of the molecule is C=C(C)C1CCC(C)(N2CCCCC2)/C(=N/O)C1. The molecule has 3 heteroatoms. The zero-order valence-electron chi connectivity index (χ0n) is 11.8. The van der Waals surface area contributed by atoms with Crippen molar-refractivity contribution in [1.82, 2.24) is 4.90 Å². The molecular weight excluding hydrogens is 224 g/mol. The predicted octanol–water partition coefficient (Wildman–Crippen LogP) is 3.44. The van der Waals surface area contributed by atoms with Crippen molar-refractivity contribution in [1.29, 1.82) is 0 Å². The average molecular weight is 250 g/mol. The van der Waals surface area contributed by atoms with Crippen LogP contribution in [0.25, 0.3) is 0 Å². The predicted molar refractivity (Wildman–Crippen MR) is 75.2 cm³/mol. The van der Waals surface area contributed by atoms with E-state index >= 15 is 0 Å². The van der Waals surface area contributed by atoms with Gasteiger partial charge in [0.15, 0.2) is 0 Å². The first kappa shape index (κ1) is 13.6. The minimum atomic E-state index is -0.0267. The lowest BCUT2D eigenvalue weighted by Crippen LogP contribution is -2.56. The summed E-state index contributed by atoms with van der Waals surface area (Å²) in [6.07, 6.45) is 7.02. The molecule has 2 fully saturated rings. The molecule has 0 aromatic rings. The normalized spacial score (nSPS) is 36.8. The Morgan fingerprint density at radius 1 is 1.39 bits per heavy atom. The van der Waals surface area contributed by atoms with Crippen LogP contribution in [0.4, 0.5) is 0 Å². The Hall–Kier alpha value is -0.830. The molecule has 2 aliphatic rings. The molecule has 1 aliphatic heterocycles. The van der Waals surface area contributed by atoms with Crippen molar-refractivity contribution >= 4 is 5.71 Å². The summed E-state index contributed by atoms with van der Waals surface area (Å²) in [5, 5.41) is 13.0. The highest BCUT2D eigenvalue weighted by molar-refractivity contribution is 5.94. The van der Waals surface area contributed by atoms with E-state index < -0.39 is 0 Å². The van der Waals surface area contributed by atoms with Crippen LogP contribution in [0.1, 0.15) is 52.4 Å². The van der Waals surface area contributed by atoms with E-state index in [9.17, 15) is 5.21 Å². The molecule has 0 bridgehead atoms. The molecule has 2 rings (SSSR count). The quantitative estimate of drug-likeness (QED) is 0.463. The Morgan fingerprint density at radius 2 is 2.06 bits per heavy atom. The van der Waals surface area contributed by atoms with Crippen LogP contribution in [0.3, 0.4) is 0 Å². The average Bonchev–Trinajstić information content (AvgIpc) is 2.40. The first-order valence-electron chi connectivity index (χ1n) is 7.20. The minimum Gasteiger partial charge on any atom is -0.411 e. The lowest BCUT2D eigenvalue weighted by molar-refractivity contribution is 0.106. The molecule has 1 heterocycles. The molecule has 1 aliphatic carbocycles. The second-order valence-corrected chi connectivity index (χ2v) is 6.15. The van der Waals surface area contributed by atoms with E-state index in [-0.39, 0.29) is 5.54 Å². The Morgan fingerprint density at radius 3 is 2.61 bits per heavy atom. The fourth-order valence-corrected chi connectivity index (χ4v) is 3.45. The zero-order valence-corrected chi connectivity index (χ0v) is 11.8. The third kappa shape index (κ3) is 2.46. The number of piperidine rings is 1. The summed E-state index contributed by atoms with van der Waals surface area (Å²) in [4.78, 5) is 2.53. The molecule has 102 valence electrons. The third-order valence-electron chi connectivity index (χ3n) is 4.91. The van der Waals surface area contributed by atoms with Crippen LogP contribution < -0.4 is 0 Å². The molecule has 2 atom stereocenters. The number of nitrogens with zero attached hydrogens (tertiary/aromatic N) is 2. The second-order valence-electron chi connectivity index (χ2n) is 6.15. The molecule has 1 N–H and O–H groups in total. The van der Waals surface area contributed by atoms with Gasteiger partial charge in [-0.3, -0.25) is 4.90 Å². The zero-order chi connectivity index (χ0) is 13.2. The fourth-order valence-electron chi connectivity index (χ4n) is 3.45. The summed E-state index contributed by atoms with van der Waals surface area (Å²) in [6.45, 7) is 10.7. The van der Waals surface area contributed by atoms with Gasteiger partial charge in [0.25, 0.3) is 0 Å². The van der Waals surface area contributed by atoms with Gasteiger partial charge in [-0.2, -0.15) is 0 Å². The molecule has 0 aromatic heterocycles. The molecule has 3 nitrogen and oxygen atoms in total. The summed E-state index contributed by atoms with van der Waals surface area (Å²) in [6, 6.07) is 0. The number of hydrogen-bond acceptors (Lipinski definition) is 3. The van der Waals surface area contributed by atoms with Gasteiger partial charge >= 0.3 is 0 Å². The smallest absolute Gasteiger partial charge is 0.0776 e. The van der Waals surface area contributed by atoms with E-state index in [0.29, 0.717) is 5.92 Å². The molecule has 0 amide bonds. The second kappa shape index (κ2) is 5.43. The van der Waals surface area contributed by atoms with Crippen LogP contribution in [0.5, 0.6) is 0 Å². The van der Waals surface area contributed by atoms with Crippen molar-refractivity contribution in [2.75, 3.05) is 13.1 Å². The highest BCUT2D eigenvalue weighted by Crippen LogP contribution is 2.38. The Labute approximate surface area is 111 Å². The van der Waals surface area contributed by atoms with Crippen molar-refractivity contribution in [2.24, 2.45) is 11.1 Å². The maximum Gasteiger partial charge on any atom is 0.0776 e. The molecule has 18 heavy (non-hydrogen) atoms. The number of hydrogen-bond donors (Lipinski definition) is 1. The minimum absolute atomic E-state index is 0.0267. The number of rotatable bonds is 2. The largest absolute Gasteiger partial charge is 0.411 e. The van der Waals surface area contributed by atoms with Crippen LogP contribution in [-0.2, 0) is 0 Å². The first-order chi connectivity index (χ1) is 8.58. The lowest BCUT2D eigenvalue weighted by atomic mass is 9.72. The number of likely N-dealkylation sites (tertiary alicyclic amines) is 1. The van der Waals surface area contributed by atoms with Gasteiger partial charge < -0.3 is 5.21 Å². The standard InChI is InChI=1S/C15H26N2O/c1-12(2)13-7-8-15(3,14(11-13)16-18)17-9-5-4-6-10-17/h13,18H,1,4-11H2,2-3H3/b16-14+. The lowest BCUT2D eigenvalue weighted by Gasteiger charge is -2.47. The molecule has 1 saturated heterocycles. The molecule has 2 unspecified atom stereocenters. The van der Waals surface area contributed by atoms with E-state index in [4.69, 9.17) is 0 Å². The van der Waals surface area contributed by atoms with E-state index in [1.807, 2.05) is 0 Å². The molecule has 0 spiro atoms. The van der Waals surface area contributed by atoms with Crippen LogP contribution in [0.15, 0.2) is 17.3 Å². The van der Waals surface area contributed by atoms with Crippen molar-refractivity contribution in [3.8, 4) is 0 Å². The van der Waals surface area contributed by atoms with Crippen molar-refractivity contribution in [2.45, 2.75) is 57.9 Å². The summed E-state index contributed by atoms with van der Waals surface area (Å²) >= 11 is 0. The molecule has 0 aromatic carbocycles. The van der Waals surface area contributed by atoms with Gasteiger partial charge in [-0.1, -0.05) is 23.7 Å². The maximum absolute atomic E-state index is 9.39. The summed E-state index contributed by atoms with van der Waals surface area (Å²) < 4.78 is 0. The van der Waals surface area contributed by atoms with Gasteiger partial charge in [0.05, 0.1) is 11.3 Å². The number of allylic oxidation sites excluding steroid dienone is 1. The van der Waals surface area contributed by atoms with Gasteiger partial charge in [0.1, 0.15) is 0 Å². The van der Waals surface area contributed by atoms with Gasteiger partial charge in [0.2, 0.25) is 0 Å². The fraction of sp³-hybridized carbons (Fsp3) is 0.800. The number of oxime groups is 1. The van der Waals surface area contributed by atoms with E-state index in [2.05, 4.69) is 30.5 Å². The van der Waals surface area contributed by atoms with Gasteiger partial charge in [-0.05, 0) is 65.0 Å².